The van der Waals surface area contributed by atoms with Crippen molar-refractivity contribution < 1.29 is 0 Å². The summed E-state index contributed by atoms with van der Waals surface area (Å²) in [5, 5.41) is 3.12. The van der Waals surface area contributed by atoms with E-state index in [9.17, 15) is 0 Å². The quantitative estimate of drug-likeness (QED) is 0.0214. The fourth-order valence-corrected chi connectivity index (χ4v) is 7.18. The monoisotopic (exact) mass is 751 g/mol. The number of thiol groups is 1. The third-order valence-electron chi connectivity index (χ3n) is 9.34. The first kappa shape index (κ1) is 44.0. The number of alkyl halides is 1. The normalized spacial score (nSPS) is 11.4. The van der Waals surface area contributed by atoms with E-state index in [2.05, 4.69) is 40.5 Å². The minimum Gasteiger partial charge on any atom is -0.371 e. The molecule has 0 aromatic carbocycles. The number of nitrogens with one attached hydrogen (secondary N) is 1. The zero-order chi connectivity index (χ0) is 31.2. The fourth-order valence-electron chi connectivity index (χ4n) is 6.43. The van der Waals surface area contributed by atoms with Crippen molar-refractivity contribution in [3.8, 4) is 0 Å². The van der Waals surface area contributed by atoms with Crippen LogP contribution in [0, 0.1) is 0 Å². The summed E-state index contributed by atoms with van der Waals surface area (Å²) in [6, 6.07) is 0. The van der Waals surface area contributed by atoms with Gasteiger partial charge < -0.3 is 5.32 Å². The van der Waals surface area contributed by atoms with E-state index in [1.807, 2.05) is 0 Å². The molecule has 0 radical (unpaired) electrons. The van der Waals surface area contributed by atoms with E-state index in [1.165, 1.54) is 236 Å². The molecule has 0 aliphatic carbocycles. The summed E-state index contributed by atoms with van der Waals surface area (Å²) < 4.78 is 1.97. The molecule has 0 rings (SSSR count). The molecule has 0 aliphatic heterocycles. The van der Waals surface area contributed by atoms with Crippen LogP contribution in [0.3, 0.4) is 0 Å². The Bertz CT molecular complexity index is 515. The van der Waals surface area contributed by atoms with Gasteiger partial charge in [-0.25, -0.2) is 0 Å². The maximum atomic E-state index is 4.91. The topological polar surface area (TPSA) is 12.0 Å². The molecule has 0 aromatic rings. The van der Waals surface area contributed by atoms with E-state index in [4.69, 9.17) is 12.2 Å². The van der Waals surface area contributed by atoms with Crippen LogP contribution >= 0.6 is 47.4 Å². The van der Waals surface area contributed by atoms with Gasteiger partial charge in [0, 0.05) is 6.54 Å². The Morgan fingerprint density at radius 2 is 0.488 bits per heavy atom. The second kappa shape index (κ2) is 41.0. The third kappa shape index (κ3) is 43.0. The molecule has 0 unspecified atom stereocenters. The Morgan fingerprint density at radius 1 is 0.326 bits per heavy atom. The summed E-state index contributed by atoms with van der Waals surface area (Å²) >= 11 is 11.5. The Morgan fingerprint density at radius 3 is 0.651 bits per heavy atom. The first-order valence-electron chi connectivity index (χ1n) is 19.8. The van der Waals surface area contributed by atoms with Crippen LogP contribution in [0.15, 0.2) is 0 Å². The fraction of sp³-hybridized carbons (Fsp3) is 0.974. The molecule has 0 aromatic heterocycles. The number of thiocarbonyl (C=S) groups is 1. The van der Waals surface area contributed by atoms with Gasteiger partial charge in [0.1, 0.15) is 4.32 Å². The first-order valence-corrected chi connectivity index (χ1v) is 22.2. The molecule has 0 fully saturated rings. The molecule has 1 nitrogen and oxygen atoms in total. The average Bonchev–Trinajstić information content (AvgIpc) is 3.00. The molecule has 0 aliphatic rings. The zero-order valence-electron chi connectivity index (χ0n) is 29.1. The molecular formula is C39H78INS2. The number of hydrogen-bond donors (Lipinski definition) is 2. The molecule has 0 bridgehead atoms. The number of rotatable bonds is 38. The molecule has 0 saturated carbocycles. The minimum absolute atomic E-state index is 0.631. The van der Waals surface area contributed by atoms with Crippen LogP contribution in [-0.4, -0.2) is 15.3 Å². The van der Waals surface area contributed by atoms with E-state index in [0.717, 1.165) is 6.54 Å². The maximum Gasteiger partial charge on any atom is 0.130 e. The van der Waals surface area contributed by atoms with Gasteiger partial charge in [0.2, 0.25) is 0 Å². The predicted molar refractivity (Wildman–Crippen MR) is 215 cm³/mol. The van der Waals surface area contributed by atoms with Crippen molar-refractivity contribution in [2.45, 2.75) is 231 Å². The summed E-state index contributed by atoms with van der Waals surface area (Å²) in [5.74, 6) is 0. The highest BCUT2D eigenvalue weighted by molar-refractivity contribution is 14.1. The zero-order valence-corrected chi connectivity index (χ0v) is 33.0. The molecule has 0 heterocycles. The lowest BCUT2D eigenvalue weighted by Crippen LogP contribution is -2.17. The lowest BCUT2D eigenvalue weighted by atomic mass is 10.0. The van der Waals surface area contributed by atoms with Crippen molar-refractivity contribution in [2.24, 2.45) is 0 Å². The van der Waals surface area contributed by atoms with Crippen molar-refractivity contribution in [2.75, 3.05) is 11.0 Å². The van der Waals surface area contributed by atoms with Crippen molar-refractivity contribution >= 4 is 51.8 Å². The molecule has 4 heteroatoms. The third-order valence-corrected chi connectivity index (χ3v) is 10.4. The van der Waals surface area contributed by atoms with E-state index in [-0.39, 0.29) is 0 Å². The molecule has 43 heavy (non-hydrogen) atoms. The highest BCUT2D eigenvalue weighted by atomic mass is 127. The lowest BCUT2D eigenvalue weighted by molar-refractivity contribution is 0.510. The predicted octanol–water partition coefficient (Wildman–Crippen LogP) is 15.3. The number of hydrogen-bond acceptors (Lipinski definition) is 1. The Kier molecular flexibility index (Phi) is 41.9. The Labute approximate surface area is 297 Å². The highest BCUT2D eigenvalue weighted by Gasteiger charge is 1.98. The second-order valence-electron chi connectivity index (χ2n) is 13.6. The van der Waals surface area contributed by atoms with Gasteiger partial charge in [0.15, 0.2) is 0 Å². The van der Waals surface area contributed by atoms with Crippen LogP contribution in [-0.2, 0) is 0 Å². The summed E-state index contributed by atoms with van der Waals surface area (Å²) in [6.45, 7) is 0.988. The van der Waals surface area contributed by atoms with Crippen LogP contribution in [0.25, 0.3) is 0 Å². The van der Waals surface area contributed by atoms with E-state index in [0.29, 0.717) is 4.32 Å². The summed E-state index contributed by atoms with van der Waals surface area (Å²) in [4.78, 5) is 0. The largest absolute Gasteiger partial charge is 0.371 e. The lowest BCUT2D eigenvalue weighted by Gasteiger charge is -2.05. The van der Waals surface area contributed by atoms with Crippen molar-refractivity contribution in [3.05, 3.63) is 0 Å². The molecular weight excluding hydrogens is 673 g/mol. The summed E-state index contributed by atoms with van der Waals surface area (Å²) in [6.07, 6.45) is 52.6. The Hall–Kier alpha value is 0.970. The van der Waals surface area contributed by atoms with Gasteiger partial charge in [0.25, 0.3) is 0 Å². The SMILES string of the molecule is S=C(S)NCCCCCCCCCCCCCCCCCCCCCCCCCCCCCCCCCCCCCCI. The van der Waals surface area contributed by atoms with Crippen LogP contribution in [0.5, 0.6) is 0 Å². The summed E-state index contributed by atoms with van der Waals surface area (Å²) in [5.41, 5.74) is 0. The highest BCUT2D eigenvalue weighted by Crippen LogP contribution is 2.17. The molecule has 258 valence electrons. The molecule has 0 saturated heterocycles. The van der Waals surface area contributed by atoms with E-state index in [1.54, 1.807) is 0 Å². The van der Waals surface area contributed by atoms with Gasteiger partial charge >= 0.3 is 0 Å². The molecule has 0 spiro atoms. The van der Waals surface area contributed by atoms with Gasteiger partial charge in [-0.1, -0.05) is 253 Å². The molecule has 0 atom stereocenters. The summed E-state index contributed by atoms with van der Waals surface area (Å²) in [7, 11) is 0. The number of halogens is 1. The van der Waals surface area contributed by atoms with Gasteiger partial charge in [-0.3, -0.25) is 0 Å². The minimum atomic E-state index is 0.631. The van der Waals surface area contributed by atoms with Crippen molar-refractivity contribution in [3.63, 3.8) is 0 Å². The first-order chi connectivity index (χ1) is 21.3. The maximum absolute atomic E-state index is 4.91. The van der Waals surface area contributed by atoms with Gasteiger partial charge in [0.05, 0.1) is 0 Å². The Balaban J connectivity index is 3.03. The van der Waals surface area contributed by atoms with Gasteiger partial charge in [-0.05, 0) is 17.3 Å². The van der Waals surface area contributed by atoms with Crippen molar-refractivity contribution in [1.82, 2.24) is 5.32 Å². The smallest absolute Gasteiger partial charge is 0.130 e. The second-order valence-corrected chi connectivity index (χ2v) is 15.9. The number of unbranched alkanes of at least 4 members (excludes halogenated alkanes) is 35. The van der Waals surface area contributed by atoms with Crippen LogP contribution in [0.2, 0.25) is 0 Å². The average molecular weight is 752 g/mol. The van der Waals surface area contributed by atoms with Crippen LogP contribution in [0.1, 0.15) is 231 Å². The molecule has 0 amide bonds. The van der Waals surface area contributed by atoms with E-state index >= 15 is 0 Å². The van der Waals surface area contributed by atoms with Crippen LogP contribution < -0.4 is 5.32 Å². The standard InChI is InChI=1S/C39H78INS2/c40-37-35-33-31-29-27-25-23-21-19-17-15-13-11-9-7-5-3-1-2-4-6-8-10-12-14-16-18-20-22-24-26-28-30-32-34-36-38-41-39(42)43/h1-38H2,(H2,41,42,43). The van der Waals surface area contributed by atoms with Crippen molar-refractivity contribution in [1.29, 1.82) is 0 Å². The van der Waals surface area contributed by atoms with Crippen LogP contribution in [0.4, 0.5) is 0 Å². The van der Waals surface area contributed by atoms with E-state index < -0.39 is 0 Å². The van der Waals surface area contributed by atoms with Gasteiger partial charge in [-0.15, -0.1) is 12.6 Å². The van der Waals surface area contributed by atoms with Gasteiger partial charge in [-0.2, -0.15) is 0 Å². The molecule has 1 N–H and O–H groups in total.